The van der Waals surface area contributed by atoms with E-state index in [0.717, 1.165) is 19.9 Å². The molecule has 0 aliphatic rings. The van der Waals surface area contributed by atoms with Gasteiger partial charge in [-0.1, -0.05) is 22.0 Å². The van der Waals surface area contributed by atoms with Gasteiger partial charge < -0.3 is 5.32 Å². The first-order valence-electron chi connectivity index (χ1n) is 5.52. The van der Waals surface area contributed by atoms with Crippen LogP contribution in [0.3, 0.4) is 0 Å². The Labute approximate surface area is 118 Å². The standard InChI is InChI=1S/C13H13BrN2OS/c1-8-3-4-10(5-11(8)14)13(17)16-7-12-15-6-9(2)18-12/h3-6H,7H2,1-2H3,(H,16,17). The molecule has 2 rings (SSSR count). The predicted molar refractivity (Wildman–Crippen MR) is 76.9 cm³/mol. The van der Waals surface area contributed by atoms with Crippen molar-refractivity contribution in [3.05, 3.63) is 49.9 Å². The summed E-state index contributed by atoms with van der Waals surface area (Å²) in [5.41, 5.74) is 1.77. The highest BCUT2D eigenvalue weighted by Crippen LogP contribution is 2.17. The molecular formula is C13H13BrN2OS. The third kappa shape index (κ3) is 3.17. The molecule has 0 unspecified atom stereocenters. The Kier molecular flexibility index (Phi) is 4.14. The Morgan fingerprint density at radius 3 is 2.83 bits per heavy atom. The van der Waals surface area contributed by atoms with Gasteiger partial charge in [-0.15, -0.1) is 11.3 Å². The molecular weight excluding hydrogens is 312 g/mol. The number of benzene rings is 1. The third-order valence-electron chi connectivity index (χ3n) is 2.50. The maximum atomic E-state index is 11.9. The SMILES string of the molecule is Cc1cnc(CNC(=O)c2ccc(C)c(Br)c2)s1. The fourth-order valence-electron chi connectivity index (χ4n) is 1.48. The van der Waals surface area contributed by atoms with Gasteiger partial charge >= 0.3 is 0 Å². The van der Waals surface area contributed by atoms with Crippen LogP contribution in [0.1, 0.15) is 25.8 Å². The van der Waals surface area contributed by atoms with Crippen molar-refractivity contribution in [3.63, 3.8) is 0 Å². The van der Waals surface area contributed by atoms with Crippen LogP contribution in [-0.4, -0.2) is 10.9 Å². The number of carbonyl (C=O) groups excluding carboxylic acids is 1. The highest BCUT2D eigenvalue weighted by atomic mass is 79.9. The van der Waals surface area contributed by atoms with Gasteiger partial charge in [0.2, 0.25) is 0 Å². The molecule has 1 aromatic heterocycles. The molecule has 0 aliphatic heterocycles. The van der Waals surface area contributed by atoms with Crippen LogP contribution in [0.15, 0.2) is 28.9 Å². The highest BCUT2D eigenvalue weighted by Gasteiger charge is 2.07. The molecule has 18 heavy (non-hydrogen) atoms. The summed E-state index contributed by atoms with van der Waals surface area (Å²) < 4.78 is 0.945. The Bertz CT molecular complexity index is 580. The molecule has 1 aromatic carbocycles. The van der Waals surface area contributed by atoms with Crippen LogP contribution in [0.25, 0.3) is 0 Å². The lowest BCUT2D eigenvalue weighted by molar-refractivity contribution is 0.0951. The molecule has 0 fully saturated rings. The maximum Gasteiger partial charge on any atom is 0.251 e. The Morgan fingerprint density at radius 2 is 2.22 bits per heavy atom. The van der Waals surface area contributed by atoms with Gasteiger partial charge in [-0.3, -0.25) is 4.79 Å². The molecule has 1 amide bonds. The average molecular weight is 325 g/mol. The van der Waals surface area contributed by atoms with Crippen LogP contribution < -0.4 is 5.32 Å². The van der Waals surface area contributed by atoms with Crippen molar-refractivity contribution < 1.29 is 4.79 Å². The molecule has 0 saturated heterocycles. The quantitative estimate of drug-likeness (QED) is 0.939. The number of aryl methyl sites for hydroxylation is 2. The number of aromatic nitrogens is 1. The van der Waals surface area contributed by atoms with Crippen molar-refractivity contribution in [2.24, 2.45) is 0 Å². The van der Waals surface area contributed by atoms with E-state index in [2.05, 4.69) is 26.2 Å². The molecule has 0 bridgehead atoms. The summed E-state index contributed by atoms with van der Waals surface area (Å²) in [6, 6.07) is 5.58. The van der Waals surface area contributed by atoms with E-state index in [4.69, 9.17) is 0 Å². The number of nitrogens with one attached hydrogen (secondary N) is 1. The first-order chi connectivity index (χ1) is 8.56. The molecule has 0 atom stereocenters. The fourth-order valence-corrected chi connectivity index (χ4v) is 2.58. The van der Waals surface area contributed by atoms with Crippen molar-refractivity contribution in [1.82, 2.24) is 10.3 Å². The summed E-state index contributed by atoms with van der Waals surface area (Å²) in [5.74, 6) is -0.0800. The van der Waals surface area contributed by atoms with Crippen molar-refractivity contribution >= 4 is 33.2 Å². The predicted octanol–water partition coefficient (Wildman–Crippen LogP) is 3.45. The summed E-state index contributed by atoms with van der Waals surface area (Å²) in [6.45, 7) is 4.47. The maximum absolute atomic E-state index is 11.9. The molecule has 94 valence electrons. The van der Waals surface area contributed by atoms with Crippen LogP contribution in [-0.2, 0) is 6.54 Å². The number of halogens is 1. The van der Waals surface area contributed by atoms with Crippen molar-refractivity contribution in [1.29, 1.82) is 0 Å². The number of rotatable bonds is 3. The number of nitrogens with zero attached hydrogens (tertiary/aromatic N) is 1. The van der Waals surface area contributed by atoms with Gasteiger partial charge in [-0.25, -0.2) is 4.98 Å². The minimum atomic E-state index is -0.0800. The van der Waals surface area contributed by atoms with E-state index in [-0.39, 0.29) is 5.91 Å². The molecule has 5 heteroatoms. The van der Waals surface area contributed by atoms with Crippen LogP contribution in [0.5, 0.6) is 0 Å². The zero-order valence-corrected chi connectivity index (χ0v) is 12.6. The molecule has 0 aliphatic carbocycles. The minimum Gasteiger partial charge on any atom is -0.346 e. The second kappa shape index (κ2) is 5.63. The molecule has 1 heterocycles. The van der Waals surface area contributed by atoms with Crippen LogP contribution in [0.4, 0.5) is 0 Å². The van der Waals surface area contributed by atoms with Gasteiger partial charge in [0.25, 0.3) is 5.91 Å². The topological polar surface area (TPSA) is 42.0 Å². The molecule has 2 aromatic rings. The number of hydrogen-bond donors (Lipinski definition) is 1. The fraction of sp³-hybridized carbons (Fsp3) is 0.231. The minimum absolute atomic E-state index is 0.0800. The molecule has 0 spiro atoms. The summed E-state index contributed by atoms with van der Waals surface area (Å²) in [7, 11) is 0. The molecule has 1 N–H and O–H groups in total. The second-order valence-electron chi connectivity index (χ2n) is 4.01. The first kappa shape index (κ1) is 13.2. The lowest BCUT2D eigenvalue weighted by Gasteiger charge is -2.05. The zero-order valence-electron chi connectivity index (χ0n) is 10.2. The summed E-state index contributed by atoms with van der Waals surface area (Å²) in [5, 5.41) is 3.79. The van der Waals surface area contributed by atoms with Crippen LogP contribution in [0.2, 0.25) is 0 Å². The van der Waals surface area contributed by atoms with E-state index < -0.39 is 0 Å². The van der Waals surface area contributed by atoms with Crippen molar-refractivity contribution in [3.8, 4) is 0 Å². The van der Waals surface area contributed by atoms with E-state index in [0.29, 0.717) is 12.1 Å². The van der Waals surface area contributed by atoms with Crippen LogP contribution in [0, 0.1) is 13.8 Å². The van der Waals surface area contributed by atoms with E-state index in [1.165, 1.54) is 0 Å². The number of hydrogen-bond acceptors (Lipinski definition) is 3. The first-order valence-corrected chi connectivity index (χ1v) is 7.13. The van der Waals surface area contributed by atoms with Gasteiger partial charge in [0.15, 0.2) is 0 Å². The van der Waals surface area contributed by atoms with Gasteiger partial charge in [-0.05, 0) is 31.5 Å². The highest BCUT2D eigenvalue weighted by molar-refractivity contribution is 9.10. The summed E-state index contributed by atoms with van der Waals surface area (Å²) in [4.78, 5) is 17.3. The smallest absolute Gasteiger partial charge is 0.251 e. The third-order valence-corrected chi connectivity index (χ3v) is 4.27. The van der Waals surface area contributed by atoms with E-state index in [1.54, 1.807) is 11.3 Å². The lowest BCUT2D eigenvalue weighted by atomic mass is 10.1. The van der Waals surface area contributed by atoms with Gasteiger partial charge in [-0.2, -0.15) is 0 Å². The Balaban J connectivity index is 2.01. The molecule has 0 radical (unpaired) electrons. The number of carbonyl (C=O) groups is 1. The largest absolute Gasteiger partial charge is 0.346 e. The lowest BCUT2D eigenvalue weighted by Crippen LogP contribution is -2.22. The van der Waals surface area contributed by atoms with Gasteiger partial charge in [0, 0.05) is 21.1 Å². The second-order valence-corrected chi connectivity index (χ2v) is 6.18. The summed E-state index contributed by atoms with van der Waals surface area (Å²) >= 11 is 5.02. The molecule has 3 nitrogen and oxygen atoms in total. The van der Waals surface area contributed by atoms with Gasteiger partial charge in [0.1, 0.15) is 5.01 Å². The number of amides is 1. The van der Waals surface area contributed by atoms with E-state index in [1.807, 2.05) is 38.2 Å². The van der Waals surface area contributed by atoms with Gasteiger partial charge in [0.05, 0.1) is 6.54 Å². The monoisotopic (exact) mass is 324 g/mol. The van der Waals surface area contributed by atoms with E-state index >= 15 is 0 Å². The molecule has 0 saturated carbocycles. The Hall–Kier alpha value is -1.20. The van der Waals surface area contributed by atoms with E-state index in [9.17, 15) is 4.79 Å². The van der Waals surface area contributed by atoms with Crippen LogP contribution >= 0.6 is 27.3 Å². The van der Waals surface area contributed by atoms with Crippen molar-refractivity contribution in [2.75, 3.05) is 0 Å². The van der Waals surface area contributed by atoms with Crippen molar-refractivity contribution in [2.45, 2.75) is 20.4 Å². The summed E-state index contributed by atoms with van der Waals surface area (Å²) in [6.07, 6.45) is 1.81. The zero-order chi connectivity index (χ0) is 13.1. The Morgan fingerprint density at radius 1 is 1.44 bits per heavy atom. The number of thiazole rings is 1. The normalized spacial score (nSPS) is 10.4. The average Bonchev–Trinajstić information content (AvgIpc) is 2.75.